The average Bonchev–Trinajstić information content (AvgIpc) is 3.24. The third kappa shape index (κ3) is 4.59. The Bertz CT molecular complexity index is 1050. The fourth-order valence-electron chi connectivity index (χ4n) is 3.78. The number of carboxylic acid groups (broad SMARTS) is 1. The van der Waals surface area contributed by atoms with E-state index < -0.39 is 11.8 Å². The molecule has 1 N–H and O–H groups in total. The number of aromatic nitrogens is 3. The van der Waals surface area contributed by atoms with E-state index in [1.807, 2.05) is 48.0 Å². The molecule has 170 valence electrons. The van der Waals surface area contributed by atoms with Crippen LogP contribution in [0.5, 0.6) is 0 Å². The number of hydrogen-bond donors (Lipinski definition) is 1. The third-order valence-electron chi connectivity index (χ3n) is 5.96. The Hall–Kier alpha value is -3.03. The van der Waals surface area contributed by atoms with E-state index in [4.69, 9.17) is 19.6 Å². The quantitative estimate of drug-likeness (QED) is 0.446. The Balaban J connectivity index is 1.94. The second kappa shape index (κ2) is 10.1. The Morgan fingerprint density at radius 2 is 1.75 bits per heavy atom. The lowest BCUT2D eigenvalue weighted by Crippen LogP contribution is -2.31. The number of carbonyl (C=O) groups is 1. The monoisotopic (exact) mass is 437 g/mol. The van der Waals surface area contributed by atoms with Crippen LogP contribution < -0.4 is 0 Å². The Labute approximate surface area is 189 Å². The van der Waals surface area contributed by atoms with Gasteiger partial charge in [0.2, 0.25) is 11.6 Å². The van der Waals surface area contributed by atoms with Crippen LogP contribution in [0.15, 0.2) is 48.5 Å². The van der Waals surface area contributed by atoms with Crippen LogP contribution in [-0.4, -0.2) is 40.1 Å². The van der Waals surface area contributed by atoms with E-state index in [2.05, 4.69) is 13.8 Å². The van der Waals surface area contributed by atoms with Crippen molar-refractivity contribution in [2.75, 3.05) is 14.2 Å². The molecule has 1 atom stereocenters. The number of carboxylic acids is 1. The molecule has 7 heteroatoms. The molecule has 0 radical (unpaired) electrons. The summed E-state index contributed by atoms with van der Waals surface area (Å²) in [4.78, 5) is 16.4. The van der Waals surface area contributed by atoms with Gasteiger partial charge in [-0.1, -0.05) is 56.3 Å². The zero-order valence-electron chi connectivity index (χ0n) is 19.3. The maximum absolute atomic E-state index is 11.6. The zero-order chi connectivity index (χ0) is 23.3. The van der Waals surface area contributed by atoms with Crippen LogP contribution in [0.2, 0.25) is 0 Å². The van der Waals surface area contributed by atoms with Gasteiger partial charge in [0.05, 0.1) is 11.6 Å². The van der Waals surface area contributed by atoms with E-state index in [0.29, 0.717) is 24.2 Å². The molecule has 0 saturated carbocycles. The number of benzene rings is 2. The Kier molecular flexibility index (Phi) is 7.43. The van der Waals surface area contributed by atoms with Crippen LogP contribution in [0.1, 0.15) is 67.2 Å². The topological polar surface area (TPSA) is 86.5 Å². The van der Waals surface area contributed by atoms with Gasteiger partial charge in [-0.15, -0.1) is 5.10 Å². The van der Waals surface area contributed by atoms with E-state index in [-0.39, 0.29) is 11.6 Å². The maximum atomic E-state index is 11.6. The fraction of sp³-hybridized carbons (Fsp3) is 0.400. The summed E-state index contributed by atoms with van der Waals surface area (Å²) in [5.74, 6) is -0.556. The molecule has 0 aliphatic heterocycles. The molecule has 1 heterocycles. The summed E-state index contributed by atoms with van der Waals surface area (Å²) in [6.45, 7) is 6.20. The standard InChI is InChI=1S/C25H31N3O4/c1-6-17(3)28-22(26-24(27-28)25(7-2,31-4)32-5)16-18-12-14-19(15-13-18)20-10-8-9-11-21(20)23(29)30/h8-15,17H,6-7,16H2,1-5H3,(H,29,30). The fourth-order valence-corrected chi connectivity index (χ4v) is 3.78. The highest BCUT2D eigenvalue weighted by molar-refractivity contribution is 5.95. The number of hydrogen-bond acceptors (Lipinski definition) is 5. The predicted octanol–water partition coefficient (Wildman–Crippen LogP) is 5.06. The first-order valence-electron chi connectivity index (χ1n) is 10.9. The summed E-state index contributed by atoms with van der Waals surface area (Å²) in [5.41, 5.74) is 2.91. The SMILES string of the molecule is CCC(C)n1nc(C(CC)(OC)OC)nc1Cc1ccc(-c2ccccc2C(=O)O)cc1. The minimum absolute atomic E-state index is 0.177. The molecule has 0 aliphatic rings. The number of ether oxygens (including phenoxy) is 2. The highest BCUT2D eigenvalue weighted by atomic mass is 16.7. The predicted molar refractivity (Wildman–Crippen MR) is 123 cm³/mol. The van der Waals surface area contributed by atoms with Gasteiger partial charge in [0.1, 0.15) is 5.82 Å². The lowest BCUT2D eigenvalue weighted by molar-refractivity contribution is -0.222. The molecular formula is C25H31N3O4. The van der Waals surface area contributed by atoms with Gasteiger partial charge in [-0.05, 0) is 36.1 Å². The molecule has 32 heavy (non-hydrogen) atoms. The number of aromatic carboxylic acids is 1. The van der Waals surface area contributed by atoms with Crippen molar-refractivity contribution < 1.29 is 19.4 Å². The number of methoxy groups -OCH3 is 2. The highest BCUT2D eigenvalue weighted by Gasteiger charge is 2.36. The van der Waals surface area contributed by atoms with Crippen LogP contribution in [0.25, 0.3) is 11.1 Å². The zero-order valence-corrected chi connectivity index (χ0v) is 19.3. The lowest BCUT2D eigenvalue weighted by atomic mass is 9.98. The van der Waals surface area contributed by atoms with Crippen molar-refractivity contribution in [3.05, 3.63) is 71.3 Å². The summed E-state index contributed by atoms with van der Waals surface area (Å²) in [7, 11) is 3.20. The summed E-state index contributed by atoms with van der Waals surface area (Å²) in [5, 5.41) is 14.2. The molecule has 1 aromatic heterocycles. The lowest BCUT2D eigenvalue weighted by Gasteiger charge is -2.26. The van der Waals surface area contributed by atoms with Gasteiger partial charge in [-0.2, -0.15) is 0 Å². The molecule has 0 spiro atoms. The van der Waals surface area contributed by atoms with Crippen LogP contribution >= 0.6 is 0 Å². The van der Waals surface area contributed by atoms with Crippen molar-refractivity contribution >= 4 is 5.97 Å². The van der Waals surface area contributed by atoms with Crippen molar-refractivity contribution in [1.29, 1.82) is 0 Å². The Morgan fingerprint density at radius 3 is 2.31 bits per heavy atom. The third-order valence-corrected chi connectivity index (χ3v) is 5.96. The number of rotatable bonds is 10. The molecule has 0 amide bonds. The van der Waals surface area contributed by atoms with E-state index >= 15 is 0 Å². The summed E-state index contributed by atoms with van der Waals surface area (Å²) >= 11 is 0. The summed E-state index contributed by atoms with van der Waals surface area (Å²) < 4.78 is 13.2. The van der Waals surface area contributed by atoms with Crippen LogP contribution in [0.4, 0.5) is 0 Å². The van der Waals surface area contributed by atoms with Gasteiger partial charge in [0, 0.05) is 27.1 Å². The smallest absolute Gasteiger partial charge is 0.336 e. The minimum atomic E-state index is -0.974. The molecular weight excluding hydrogens is 406 g/mol. The van der Waals surface area contributed by atoms with E-state index in [1.165, 1.54) is 0 Å². The van der Waals surface area contributed by atoms with Crippen molar-refractivity contribution in [2.45, 2.75) is 51.9 Å². The molecule has 0 bridgehead atoms. The van der Waals surface area contributed by atoms with E-state index in [0.717, 1.165) is 23.4 Å². The molecule has 0 aliphatic carbocycles. The van der Waals surface area contributed by atoms with Crippen molar-refractivity contribution in [1.82, 2.24) is 14.8 Å². The average molecular weight is 438 g/mol. The highest BCUT2D eigenvalue weighted by Crippen LogP contribution is 2.29. The van der Waals surface area contributed by atoms with Gasteiger partial charge >= 0.3 is 5.97 Å². The molecule has 3 aromatic rings. The maximum Gasteiger partial charge on any atom is 0.336 e. The molecule has 3 rings (SSSR count). The first-order valence-corrected chi connectivity index (χ1v) is 10.9. The molecule has 0 saturated heterocycles. The van der Waals surface area contributed by atoms with Crippen LogP contribution in [0.3, 0.4) is 0 Å². The Morgan fingerprint density at radius 1 is 1.09 bits per heavy atom. The molecule has 7 nitrogen and oxygen atoms in total. The van der Waals surface area contributed by atoms with Gasteiger partial charge in [-0.25, -0.2) is 14.5 Å². The van der Waals surface area contributed by atoms with Crippen LogP contribution in [-0.2, 0) is 21.7 Å². The van der Waals surface area contributed by atoms with E-state index in [1.54, 1.807) is 26.4 Å². The van der Waals surface area contributed by atoms with Gasteiger partial charge in [0.25, 0.3) is 0 Å². The summed E-state index contributed by atoms with van der Waals surface area (Å²) in [6, 6.07) is 15.1. The first kappa shape index (κ1) is 23.6. The number of nitrogens with zero attached hydrogens (tertiary/aromatic N) is 3. The second-order valence-corrected chi connectivity index (χ2v) is 7.79. The largest absolute Gasteiger partial charge is 0.478 e. The van der Waals surface area contributed by atoms with Gasteiger partial charge in [-0.3, -0.25) is 0 Å². The van der Waals surface area contributed by atoms with E-state index in [9.17, 15) is 9.90 Å². The minimum Gasteiger partial charge on any atom is -0.478 e. The summed E-state index contributed by atoms with van der Waals surface area (Å²) in [6.07, 6.45) is 2.09. The van der Waals surface area contributed by atoms with Crippen molar-refractivity contribution in [3.8, 4) is 11.1 Å². The second-order valence-electron chi connectivity index (χ2n) is 7.79. The van der Waals surface area contributed by atoms with Gasteiger partial charge in [0.15, 0.2) is 0 Å². The van der Waals surface area contributed by atoms with Crippen molar-refractivity contribution in [3.63, 3.8) is 0 Å². The first-order chi connectivity index (χ1) is 15.4. The molecule has 1 unspecified atom stereocenters. The normalized spacial score (nSPS) is 12.7. The molecule has 0 fully saturated rings. The van der Waals surface area contributed by atoms with Crippen LogP contribution in [0, 0.1) is 0 Å². The molecule has 2 aromatic carbocycles. The van der Waals surface area contributed by atoms with Crippen molar-refractivity contribution in [2.24, 2.45) is 0 Å². The van der Waals surface area contributed by atoms with Gasteiger partial charge < -0.3 is 14.6 Å².